The van der Waals surface area contributed by atoms with E-state index in [2.05, 4.69) is 45.1 Å². The maximum atomic E-state index is 12.7. The number of unbranched alkanes of at least 4 members (excludes halogenated alkanes) is 25. The van der Waals surface area contributed by atoms with Crippen LogP contribution < -0.4 is 0 Å². The van der Waals surface area contributed by atoms with Crippen molar-refractivity contribution in [3.05, 3.63) is 24.3 Å². The Morgan fingerprint density at radius 3 is 1.10 bits per heavy atom. The van der Waals surface area contributed by atoms with Crippen LogP contribution in [-0.4, -0.2) is 37.2 Å². The lowest BCUT2D eigenvalue weighted by Gasteiger charge is -2.18. The molecule has 0 amide bonds. The number of esters is 3. The van der Waals surface area contributed by atoms with Crippen molar-refractivity contribution < 1.29 is 28.6 Å². The van der Waals surface area contributed by atoms with E-state index in [1.54, 1.807) is 0 Å². The van der Waals surface area contributed by atoms with Crippen LogP contribution in [0.3, 0.4) is 0 Å². The van der Waals surface area contributed by atoms with E-state index >= 15 is 0 Å². The monoisotopic (exact) mass is 733 g/mol. The number of hydrogen-bond acceptors (Lipinski definition) is 6. The molecule has 52 heavy (non-hydrogen) atoms. The number of carbonyl (C=O) groups excluding carboxylic acids is 3. The summed E-state index contributed by atoms with van der Waals surface area (Å²) in [4.78, 5) is 37.6. The molecule has 0 saturated heterocycles. The summed E-state index contributed by atoms with van der Waals surface area (Å²) >= 11 is 0. The standard InChI is InChI=1S/C46H84O6/c1-4-7-10-13-16-19-21-22-23-24-26-27-30-33-36-39-45(48)51-42-43(41-50-44(47)38-35-32-29-18-15-12-9-6-3)52-46(49)40-37-34-31-28-25-20-17-14-11-8-5-2/h16,19,22-23,43H,4-15,17-18,20-21,24-42H2,1-3H3/b19-16-,23-22-. The van der Waals surface area contributed by atoms with Crippen molar-refractivity contribution in [2.75, 3.05) is 13.2 Å². The highest BCUT2D eigenvalue weighted by Crippen LogP contribution is 2.14. The van der Waals surface area contributed by atoms with Crippen molar-refractivity contribution in [1.29, 1.82) is 0 Å². The minimum atomic E-state index is -0.767. The molecule has 1 unspecified atom stereocenters. The predicted octanol–water partition coefficient (Wildman–Crippen LogP) is 14.0. The van der Waals surface area contributed by atoms with Gasteiger partial charge in [-0.1, -0.05) is 186 Å². The zero-order valence-electron chi connectivity index (χ0n) is 34.6. The highest BCUT2D eigenvalue weighted by molar-refractivity contribution is 5.71. The lowest BCUT2D eigenvalue weighted by molar-refractivity contribution is -0.167. The minimum Gasteiger partial charge on any atom is -0.462 e. The number of carbonyl (C=O) groups is 3. The van der Waals surface area contributed by atoms with Crippen molar-refractivity contribution in [3.8, 4) is 0 Å². The van der Waals surface area contributed by atoms with Crippen LogP contribution in [0.1, 0.15) is 233 Å². The first kappa shape index (κ1) is 49.9. The topological polar surface area (TPSA) is 78.9 Å². The van der Waals surface area contributed by atoms with Gasteiger partial charge in [0.2, 0.25) is 0 Å². The molecule has 0 aliphatic heterocycles. The molecule has 0 spiro atoms. The molecule has 0 fully saturated rings. The fraction of sp³-hybridized carbons (Fsp3) is 0.848. The Labute approximate surface area is 322 Å². The van der Waals surface area contributed by atoms with Crippen molar-refractivity contribution in [2.24, 2.45) is 0 Å². The number of hydrogen-bond donors (Lipinski definition) is 0. The van der Waals surface area contributed by atoms with Gasteiger partial charge >= 0.3 is 17.9 Å². The number of ether oxygens (including phenoxy) is 3. The summed E-state index contributed by atoms with van der Waals surface area (Å²) in [7, 11) is 0. The van der Waals surface area contributed by atoms with Crippen LogP contribution in [0.2, 0.25) is 0 Å². The van der Waals surface area contributed by atoms with Crippen LogP contribution in [0.25, 0.3) is 0 Å². The zero-order valence-corrected chi connectivity index (χ0v) is 34.6. The summed E-state index contributed by atoms with van der Waals surface area (Å²) < 4.78 is 16.6. The minimum absolute atomic E-state index is 0.0726. The van der Waals surface area contributed by atoms with Gasteiger partial charge in [0.1, 0.15) is 13.2 Å². The maximum absolute atomic E-state index is 12.7. The summed E-state index contributed by atoms with van der Waals surface area (Å²) in [6.07, 6.45) is 44.4. The van der Waals surface area contributed by atoms with Gasteiger partial charge in [-0.15, -0.1) is 0 Å². The molecule has 0 rings (SSSR count). The lowest BCUT2D eigenvalue weighted by Crippen LogP contribution is -2.30. The van der Waals surface area contributed by atoms with Gasteiger partial charge in [0.05, 0.1) is 0 Å². The van der Waals surface area contributed by atoms with Gasteiger partial charge in [0, 0.05) is 19.3 Å². The van der Waals surface area contributed by atoms with E-state index in [-0.39, 0.29) is 31.1 Å². The van der Waals surface area contributed by atoms with E-state index in [1.807, 2.05) is 0 Å². The Kier molecular flexibility index (Phi) is 40.0. The van der Waals surface area contributed by atoms with E-state index in [0.29, 0.717) is 19.3 Å². The molecule has 6 heteroatoms. The van der Waals surface area contributed by atoms with Crippen molar-refractivity contribution in [2.45, 2.75) is 239 Å². The Morgan fingerprint density at radius 1 is 0.385 bits per heavy atom. The second-order valence-electron chi connectivity index (χ2n) is 15.0. The van der Waals surface area contributed by atoms with Crippen LogP contribution in [0.5, 0.6) is 0 Å². The Balaban J connectivity index is 4.33. The normalized spacial score (nSPS) is 12.1. The fourth-order valence-corrected chi connectivity index (χ4v) is 6.29. The molecule has 304 valence electrons. The van der Waals surface area contributed by atoms with E-state index in [4.69, 9.17) is 14.2 Å². The Morgan fingerprint density at radius 2 is 0.692 bits per heavy atom. The van der Waals surface area contributed by atoms with Crippen molar-refractivity contribution >= 4 is 17.9 Å². The molecule has 0 aromatic carbocycles. The average molecular weight is 733 g/mol. The molecule has 0 bridgehead atoms. The van der Waals surface area contributed by atoms with Crippen LogP contribution in [0.4, 0.5) is 0 Å². The second kappa shape index (κ2) is 41.6. The third-order valence-electron chi connectivity index (χ3n) is 9.71. The molecule has 0 aliphatic rings. The molecule has 0 aromatic rings. The van der Waals surface area contributed by atoms with Gasteiger partial charge in [0.15, 0.2) is 6.10 Å². The van der Waals surface area contributed by atoms with Crippen LogP contribution in [0.15, 0.2) is 24.3 Å². The fourth-order valence-electron chi connectivity index (χ4n) is 6.29. The largest absolute Gasteiger partial charge is 0.462 e. The zero-order chi connectivity index (χ0) is 38.0. The third-order valence-corrected chi connectivity index (χ3v) is 9.71. The van der Waals surface area contributed by atoms with Gasteiger partial charge in [-0.3, -0.25) is 14.4 Å². The molecule has 0 saturated carbocycles. The molecule has 1 atom stereocenters. The summed E-state index contributed by atoms with van der Waals surface area (Å²) in [5.74, 6) is -0.888. The quantitative estimate of drug-likeness (QED) is 0.0270. The summed E-state index contributed by atoms with van der Waals surface area (Å²) in [5.41, 5.74) is 0. The van der Waals surface area contributed by atoms with E-state index < -0.39 is 6.10 Å². The van der Waals surface area contributed by atoms with Gasteiger partial charge in [0.25, 0.3) is 0 Å². The predicted molar refractivity (Wildman–Crippen MR) is 219 cm³/mol. The third kappa shape index (κ3) is 39.1. The van der Waals surface area contributed by atoms with Gasteiger partial charge in [-0.25, -0.2) is 0 Å². The molecule has 0 aliphatic carbocycles. The first-order chi connectivity index (χ1) is 25.5. The summed E-state index contributed by atoms with van der Waals surface area (Å²) in [5, 5.41) is 0. The van der Waals surface area contributed by atoms with Crippen LogP contribution in [0, 0.1) is 0 Å². The highest BCUT2D eigenvalue weighted by atomic mass is 16.6. The highest BCUT2D eigenvalue weighted by Gasteiger charge is 2.19. The van der Waals surface area contributed by atoms with Crippen molar-refractivity contribution in [1.82, 2.24) is 0 Å². The lowest BCUT2D eigenvalue weighted by atomic mass is 10.1. The van der Waals surface area contributed by atoms with Crippen LogP contribution >= 0.6 is 0 Å². The van der Waals surface area contributed by atoms with Crippen LogP contribution in [-0.2, 0) is 28.6 Å². The van der Waals surface area contributed by atoms with Gasteiger partial charge in [-0.2, -0.15) is 0 Å². The van der Waals surface area contributed by atoms with E-state index in [9.17, 15) is 14.4 Å². The smallest absolute Gasteiger partial charge is 0.306 e. The maximum Gasteiger partial charge on any atom is 0.306 e. The molecule has 6 nitrogen and oxygen atoms in total. The van der Waals surface area contributed by atoms with Gasteiger partial charge in [-0.05, 0) is 51.4 Å². The first-order valence-electron chi connectivity index (χ1n) is 22.3. The van der Waals surface area contributed by atoms with E-state index in [1.165, 1.54) is 116 Å². The number of allylic oxidation sites excluding steroid dienone is 4. The second-order valence-corrected chi connectivity index (χ2v) is 15.0. The molecule has 0 heterocycles. The van der Waals surface area contributed by atoms with Gasteiger partial charge < -0.3 is 14.2 Å². The average Bonchev–Trinajstić information content (AvgIpc) is 3.14. The molecule has 0 N–H and O–H groups in total. The molecule has 0 radical (unpaired) electrons. The Hall–Kier alpha value is -2.11. The SMILES string of the molecule is CCCCC/C=C\C/C=C\CCCCCCCC(=O)OCC(COC(=O)CCCCCCCCCC)OC(=O)CCCCCCCCCCCCC. The summed E-state index contributed by atoms with van der Waals surface area (Å²) in [6, 6.07) is 0. The molecular formula is C46H84O6. The Bertz CT molecular complexity index is 850. The van der Waals surface area contributed by atoms with E-state index in [0.717, 1.165) is 77.0 Å². The first-order valence-corrected chi connectivity index (χ1v) is 22.3. The summed E-state index contributed by atoms with van der Waals surface area (Å²) in [6.45, 7) is 6.56. The van der Waals surface area contributed by atoms with Crippen molar-refractivity contribution in [3.63, 3.8) is 0 Å². The number of rotatable bonds is 40. The molecular weight excluding hydrogens is 648 g/mol. The molecule has 0 aromatic heterocycles.